The first kappa shape index (κ1) is 7.77. The summed E-state index contributed by atoms with van der Waals surface area (Å²) in [4.78, 5) is 0. The van der Waals surface area contributed by atoms with Crippen LogP contribution >= 0.6 is 0 Å². The smallest absolute Gasteiger partial charge is 0.0462 e. The second-order valence-electron chi connectivity index (χ2n) is 1.85. The summed E-state index contributed by atoms with van der Waals surface area (Å²) in [5, 5.41) is 6.50. The lowest BCUT2D eigenvalue weighted by Gasteiger charge is -1.80. The Morgan fingerprint density at radius 1 is 1.56 bits per heavy atom. The van der Waals surface area contributed by atoms with Crippen molar-refractivity contribution in [1.82, 2.24) is 4.57 Å². The molecule has 1 rings (SSSR count). The Bertz CT molecular complexity index is 169. The van der Waals surface area contributed by atoms with E-state index in [1.54, 1.807) is 0 Å². The maximum Gasteiger partial charge on any atom is 0.0462 e. The fraction of sp³-hybridized carbons (Fsp3) is 0.286. The number of rotatable bonds is 0. The Labute approximate surface area is 55.3 Å². The van der Waals surface area contributed by atoms with Crippen molar-refractivity contribution in [3.63, 3.8) is 0 Å². The average molecular weight is 122 g/mol. The quantitative estimate of drug-likeness (QED) is 0.512. The van der Waals surface area contributed by atoms with E-state index in [0.29, 0.717) is 0 Å². The van der Waals surface area contributed by atoms with Crippen LogP contribution in [0.4, 0.5) is 0 Å². The summed E-state index contributed by atoms with van der Waals surface area (Å²) in [5.41, 5.74) is 1.32. The fourth-order valence-electron chi connectivity index (χ4n) is 0.642. The second kappa shape index (κ2) is 3.73. The van der Waals surface area contributed by atoms with Gasteiger partial charge < -0.3 is 4.57 Å². The average Bonchev–Trinajstić information content (AvgIpc) is 2.20. The molecule has 2 nitrogen and oxygen atoms in total. The van der Waals surface area contributed by atoms with Gasteiger partial charge in [-0.15, -0.1) is 0 Å². The van der Waals surface area contributed by atoms with Crippen molar-refractivity contribution in [3.05, 3.63) is 24.0 Å². The first-order chi connectivity index (χ1) is 4.29. The topological polar surface area (TPSA) is 28.7 Å². The van der Waals surface area contributed by atoms with Gasteiger partial charge >= 0.3 is 0 Å². The van der Waals surface area contributed by atoms with E-state index in [2.05, 4.69) is 25.8 Å². The van der Waals surface area contributed by atoms with E-state index in [4.69, 9.17) is 5.26 Å². The standard InChI is InChI=1S/C6H9N.CHN/c1-6-3-4-7(2)5-6;1-2/h3-5H,1-2H3;1H. The van der Waals surface area contributed by atoms with Crippen LogP contribution in [0.1, 0.15) is 5.56 Å². The van der Waals surface area contributed by atoms with Gasteiger partial charge in [0, 0.05) is 26.0 Å². The summed E-state index contributed by atoms with van der Waals surface area (Å²) in [5.74, 6) is 0. The predicted molar refractivity (Wildman–Crippen MR) is 36.8 cm³/mol. The Kier molecular flexibility index (Phi) is 3.22. The van der Waals surface area contributed by atoms with Crippen molar-refractivity contribution >= 4 is 0 Å². The molecule has 1 heterocycles. The molecule has 0 spiro atoms. The summed E-state index contributed by atoms with van der Waals surface area (Å²) in [6.45, 7) is 5.58. The maximum absolute atomic E-state index is 6.50. The molecule has 48 valence electrons. The van der Waals surface area contributed by atoms with Gasteiger partial charge in [-0.1, -0.05) is 0 Å². The van der Waals surface area contributed by atoms with E-state index < -0.39 is 0 Å². The molecule has 0 aromatic carbocycles. The lowest BCUT2D eigenvalue weighted by molar-refractivity contribution is 0.925. The van der Waals surface area contributed by atoms with E-state index in [1.807, 2.05) is 17.8 Å². The number of hydrogen-bond donors (Lipinski definition) is 0. The molecule has 2 heteroatoms. The SMILES string of the molecule is C#N.Cc1ccn(C)c1. The zero-order chi connectivity index (χ0) is 7.28. The van der Waals surface area contributed by atoms with E-state index in [-0.39, 0.29) is 0 Å². The highest BCUT2D eigenvalue weighted by Gasteiger charge is 1.80. The highest BCUT2D eigenvalue weighted by Crippen LogP contribution is 1.93. The van der Waals surface area contributed by atoms with Crippen molar-refractivity contribution in [2.45, 2.75) is 6.92 Å². The molecule has 0 saturated carbocycles. The van der Waals surface area contributed by atoms with Crippen LogP contribution in [0.15, 0.2) is 18.5 Å². The molecular formula is C7H10N2. The second-order valence-corrected chi connectivity index (χ2v) is 1.85. The normalized spacial score (nSPS) is 7.56. The van der Waals surface area contributed by atoms with Gasteiger partial charge in [0.1, 0.15) is 0 Å². The summed E-state index contributed by atoms with van der Waals surface area (Å²) in [6, 6.07) is 2.08. The van der Waals surface area contributed by atoms with Gasteiger partial charge in [-0.3, -0.25) is 0 Å². The lowest BCUT2D eigenvalue weighted by Crippen LogP contribution is -1.76. The molecule has 1 aromatic rings. The van der Waals surface area contributed by atoms with Crippen LogP contribution < -0.4 is 0 Å². The molecule has 0 bridgehead atoms. The van der Waals surface area contributed by atoms with E-state index in [0.717, 1.165) is 0 Å². The van der Waals surface area contributed by atoms with Crippen LogP contribution in [-0.2, 0) is 7.05 Å². The molecule has 0 N–H and O–H groups in total. The molecule has 0 aliphatic rings. The summed E-state index contributed by atoms with van der Waals surface area (Å²) < 4.78 is 2.04. The van der Waals surface area contributed by atoms with Crippen molar-refractivity contribution in [2.24, 2.45) is 7.05 Å². The number of hydrogen-bond acceptors (Lipinski definition) is 1. The molecule has 0 aliphatic heterocycles. The molecule has 0 amide bonds. The van der Waals surface area contributed by atoms with Crippen LogP contribution in [0, 0.1) is 18.8 Å². The summed E-state index contributed by atoms with van der Waals surface area (Å²) >= 11 is 0. The summed E-state index contributed by atoms with van der Waals surface area (Å²) in [7, 11) is 2.02. The third kappa shape index (κ3) is 2.55. The monoisotopic (exact) mass is 122 g/mol. The zero-order valence-electron chi connectivity index (χ0n) is 5.70. The molecule has 0 unspecified atom stereocenters. The van der Waals surface area contributed by atoms with Crippen molar-refractivity contribution in [1.29, 1.82) is 5.26 Å². The number of nitriles is 1. The van der Waals surface area contributed by atoms with E-state index in [9.17, 15) is 0 Å². The van der Waals surface area contributed by atoms with Gasteiger partial charge in [-0.2, -0.15) is 0 Å². The van der Waals surface area contributed by atoms with Gasteiger partial charge in [0.15, 0.2) is 0 Å². The maximum atomic E-state index is 6.50. The van der Waals surface area contributed by atoms with Gasteiger partial charge in [0.05, 0.1) is 0 Å². The van der Waals surface area contributed by atoms with Crippen LogP contribution in [0.2, 0.25) is 0 Å². The Hall–Kier alpha value is -1.23. The molecular weight excluding hydrogens is 112 g/mol. The third-order valence-corrected chi connectivity index (χ3v) is 0.980. The minimum absolute atomic E-state index is 1.32. The highest BCUT2D eigenvalue weighted by atomic mass is 14.9. The van der Waals surface area contributed by atoms with E-state index >= 15 is 0 Å². The highest BCUT2D eigenvalue weighted by molar-refractivity contribution is 5.06. The van der Waals surface area contributed by atoms with E-state index in [1.165, 1.54) is 5.56 Å². The molecule has 0 radical (unpaired) electrons. The van der Waals surface area contributed by atoms with Gasteiger partial charge in [-0.05, 0) is 18.6 Å². The van der Waals surface area contributed by atoms with Crippen molar-refractivity contribution in [2.75, 3.05) is 0 Å². The largest absolute Gasteiger partial charge is 0.357 e. The van der Waals surface area contributed by atoms with Crippen LogP contribution in [0.3, 0.4) is 0 Å². The van der Waals surface area contributed by atoms with Crippen molar-refractivity contribution < 1.29 is 0 Å². The van der Waals surface area contributed by atoms with Gasteiger partial charge in [0.25, 0.3) is 0 Å². The zero-order valence-corrected chi connectivity index (χ0v) is 5.70. The Morgan fingerprint density at radius 2 is 2.11 bits per heavy atom. The fourth-order valence-corrected chi connectivity index (χ4v) is 0.642. The number of nitrogens with zero attached hydrogens (tertiary/aromatic N) is 2. The third-order valence-electron chi connectivity index (χ3n) is 0.980. The molecule has 1 aromatic heterocycles. The predicted octanol–water partition coefficient (Wildman–Crippen LogP) is 1.47. The lowest BCUT2D eigenvalue weighted by atomic mass is 10.4. The van der Waals surface area contributed by atoms with Gasteiger partial charge in [0.2, 0.25) is 0 Å². The first-order valence-electron chi connectivity index (χ1n) is 2.63. The van der Waals surface area contributed by atoms with Crippen molar-refractivity contribution in [3.8, 4) is 6.57 Å². The molecule has 0 saturated heterocycles. The Morgan fingerprint density at radius 3 is 2.22 bits per heavy atom. The minimum Gasteiger partial charge on any atom is -0.357 e. The molecule has 9 heavy (non-hydrogen) atoms. The molecule has 0 aliphatic carbocycles. The molecule has 0 atom stereocenters. The Balaban J connectivity index is 0.000000291. The van der Waals surface area contributed by atoms with Crippen LogP contribution in [0.25, 0.3) is 0 Å². The number of aryl methyl sites for hydroxylation is 2. The van der Waals surface area contributed by atoms with Crippen LogP contribution in [-0.4, -0.2) is 4.57 Å². The minimum atomic E-state index is 1.32. The van der Waals surface area contributed by atoms with Gasteiger partial charge in [-0.25, -0.2) is 5.26 Å². The summed E-state index contributed by atoms with van der Waals surface area (Å²) in [6.07, 6.45) is 4.12. The number of aromatic nitrogens is 1. The molecule has 0 fully saturated rings. The van der Waals surface area contributed by atoms with Crippen LogP contribution in [0.5, 0.6) is 0 Å². The first-order valence-corrected chi connectivity index (χ1v) is 2.63.